The summed E-state index contributed by atoms with van der Waals surface area (Å²) in [6, 6.07) is 7.70. The SMILES string of the molecule is Cc1cc(C(=O)O)n(Cc2ccccc2F)n1. The Bertz CT molecular complexity index is 563. The van der Waals surface area contributed by atoms with Gasteiger partial charge in [-0.15, -0.1) is 0 Å². The Morgan fingerprint density at radius 3 is 2.82 bits per heavy atom. The van der Waals surface area contributed by atoms with E-state index in [1.54, 1.807) is 25.1 Å². The van der Waals surface area contributed by atoms with Gasteiger partial charge in [0.05, 0.1) is 12.2 Å². The van der Waals surface area contributed by atoms with E-state index in [0.29, 0.717) is 11.3 Å². The lowest BCUT2D eigenvalue weighted by molar-refractivity contribution is 0.0684. The van der Waals surface area contributed by atoms with Crippen molar-refractivity contribution in [1.82, 2.24) is 9.78 Å². The second-order valence-electron chi connectivity index (χ2n) is 3.73. The number of halogens is 1. The first-order valence-corrected chi connectivity index (χ1v) is 5.09. The van der Waals surface area contributed by atoms with E-state index in [1.165, 1.54) is 16.8 Å². The van der Waals surface area contributed by atoms with Crippen molar-refractivity contribution in [1.29, 1.82) is 0 Å². The number of nitrogens with zero attached hydrogens (tertiary/aromatic N) is 2. The van der Waals surface area contributed by atoms with E-state index in [1.807, 2.05) is 0 Å². The highest BCUT2D eigenvalue weighted by molar-refractivity contribution is 5.85. The van der Waals surface area contributed by atoms with Crippen LogP contribution in [0.15, 0.2) is 30.3 Å². The molecule has 0 saturated carbocycles. The lowest BCUT2D eigenvalue weighted by atomic mass is 10.2. The van der Waals surface area contributed by atoms with E-state index >= 15 is 0 Å². The number of carboxylic acid groups (broad SMARTS) is 1. The van der Waals surface area contributed by atoms with Crippen LogP contribution in [0.25, 0.3) is 0 Å². The van der Waals surface area contributed by atoms with E-state index in [0.717, 1.165) is 0 Å². The van der Waals surface area contributed by atoms with Crippen LogP contribution in [-0.2, 0) is 6.54 Å². The number of benzene rings is 1. The summed E-state index contributed by atoms with van der Waals surface area (Å²) in [5, 5.41) is 13.0. The molecule has 0 bridgehead atoms. The molecule has 1 aromatic carbocycles. The Balaban J connectivity index is 2.36. The molecule has 1 aromatic heterocycles. The predicted molar refractivity (Wildman–Crippen MR) is 59.4 cm³/mol. The van der Waals surface area contributed by atoms with Crippen molar-refractivity contribution in [3.8, 4) is 0 Å². The molecule has 0 fully saturated rings. The molecule has 0 amide bonds. The van der Waals surface area contributed by atoms with E-state index in [-0.39, 0.29) is 18.1 Å². The number of aryl methyl sites for hydroxylation is 1. The number of carbonyl (C=O) groups is 1. The van der Waals surface area contributed by atoms with Gasteiger partial charge in [-0.3, -0.25) is 4.68 Å². The Labute approximate surface area is 97.3 Å². The van der Waals surface area contributed by atoms with Crippen LogP contribution in [0.1, 0.15) is 21.7 Å². The highest BCUT2D eigenvalue weighted by atomic mass is 19.1. The van der Waals surface area contributed by atoms with Gasteiger partial charge in [0.15, 0.2) is 0 Å². The Kier molecular flexibility index (Phi) is 2.91. The molecule has 0 unspecified atom stereocenters. The fourth-order valence-electron chi connectivity index (χ4n) is 1.63. The zero-order valence-electron chi connectivity index (χ0n) is 9.22. The molecule has 0 atom stereocenters. The Morgan fingerprint density at radius 1 is 1.47 bits per heavy atom. The number of hydrogen-bond acceptors (Lipinski definition) is 2. The molecular formula is C12H11FN2O2. The molecular weight excluding hydrogens is 223 g/mol. The fraction of sp³-hybridized carbons (Fsp3) is 0.167. The molecule has 1 N–H and O–H groups in total. The molecule has 2 rings (SSSR count). The standard InChI is InChI=1S/C12H11FN2O2/c1-8-6-11(12(16)17)15(14-8)7-9-4-2-3-5-10(9)13/h2-6H,7H2,1H3,(H,16,17). The van der Waals surface area contributed by atoms with Crippen molar-refractivity contribution in [2.75, 3.05) is 0 Å². The van der Waals surface area contributed by atoms with Gasteiger partial charge < -0.3 is 5.11 Å². The van der Waals surface area contributed by atoms with Crippen molar-refractivity contribution in [3.05, 3.63) is 53.1 Å². The summed E-state index contributed by atoms with van der Waals surface area (Å²) in [7, 11) is 0. The largest absolute Gasteiger partial charge is 0.477 e. The van der Waals surface area contributed by atoms with Gasteiger partial charge in [0, 0.05) is 5.56 Å². The molecule has 0 aliphatic carbocycles. The number of aromatic nitrogens is 2. The zero-order chi connectivity index (χ0) is 12.4. The smallest absolute Gasteiger partial charge is 0.354 e. The second-order valence-corrected chi connectivity index (χ2v) is 3.73. The third-order valence-corrected chi connectivity index (χ3v) is 2.40. The van der Waals surface area contributed by atoms with Crippen molar-refractivity contribution >= 4 is 5.97 Å². The predicted octanol–water partition coefficient (Wildman–Crippen LogP) is 2.08. The van der Waals surface area contributed by atoms with Crippen LogP contribution in [-0.4, -0.2) is 20.9 Å². The van der Waals surface area contributed by atoms with Gasteiger partial charge in [-0.1, -0.05) is 18.2 Å². The van der Waals surface area contributed by atoms with E-state index in [9.17, 15) is 9.18 Å². The molecule has 17 heavy (non-hydrogen) atoms. The van der Waals surface area contributed by atoms with Crippen LogP contribution in [0.3, 0.4) is 0 Å². The first kappa shape index (κ1) is 11.3. The van der Waals surface area contributed by atoms with Gasteiger partial charge in [-0.25, -0.2) is 9.18 Å². The number of rotatable bonds is 3. The van der Waals surface area contributed by atoms with Gasteiger partial charge in [-0.05, 0) is 19.1 Å². The first-order chi connectivity index (χ1) is 8.08. The number of hydrogen-bond donors (Lipinski definition) is 1. The van der Waals surface area contributed by atoms with Gasteiger partial charge in [0.1, 0.15) is 11.5 Å². The average molecular weight is 234 g/mol. The monoisotopic (exact) mass is 234 g/mol. The maximum atomic E-state index is 13.4. The molecule has 0 spiro atoms. The minimum absolute atomic E-state index is 0.0609. The third-order valence-electron chi connectivity index (χ3n) is 2.40. The average Bonchev–Trinajstić information content (AvgIpc) is 2.63. The van der Waals surface area contributed by atoms with Gasteiger partial charge in [0.25, 0.3) is 0 Å². The first-order valence-electron chi connectivity index (χ1n) is 5.09. The van der Waals surface area contributed by atoms with Crippen LogP contribution in [0.4, 0.5) is 4.39 Å². The minimum atomic E-state index is -1.07. The Morgan fingerprint density at radius 2 is 2.18 bits per heavy atom. The maximum Gasteiger partial charge on any atom is 0.354 e. The topological polar surface area (TPSA) is 55.1 Å². The van der Waals surface area contributed by atoms with Crippen LogP contribution in [0, 0.1) is 12.7 Å². The zero-order valence-corrected chi connectivity index (χ0v) is 9.22. The molecule has 2 aromatic rings. The summed E-state index contributed by atoms with van der Waals surface area (Å²) < 4.78 is 14.7. The lowest BCUT2D eigenvalue weighted by Crippen LogP contribution is -2.11. The molecule has 0 aliphatic rings. The Hall–Kier alpha value is -2.17. The molecule has 1 heterocycles. The quantitative estimate of drug-likeness (QED) is 0.884. The van der Waals surface area contributed by atoms with Crippen molar-refractivity contribution in [2.45, 2.75) is 13.5 Å². The highest BCUT2D eigenvalue weighted by Gasteiger charge is 2.13. The van der Waals surface area contributed by atoms with Crippen LogP contribution in [0.5, 0.6) is 0 Å². The lowest BCUT2D eigenvalue weighted by Gasteiger charge is -2.05. The normalized spacial score (nSPS) is 10.5. The molecule has 0 aliphatic heterocycles. The summed E-state index contributed by atoms with van der Waals surface area (Å²) in [6.45, 7) is 1.81. The summed E-state index contributed by atoms with van der Waals surface area (Å²) in [4.78, 5) is 11.0. The van der Waals surface area contributed by atoms with Gasteiger partial charge >= 0.3 is 5.97 Å². The van der Waals surface area contributed by atoms with E-state index < -0.39 is 5.97 Å². The second kappa shape index (κ2) is 4.37. The third kappa shape index (κ3) is 2.33. The van der Waals surface area contributed by atoms with Crippen LogP contribution >= 0.6 is 0 Å². The molecule has 0 radical (unpaired) electrons. The summed E-state index contributed by atoms with van der Waals surface area (Å²) in [6.07, 6.45) is 0. The van der Waals surface area contributed by atoms with Gasteiger partial charge in [0.2, 0.25) is 0 Å². The van der Waals surface area contributed by atoms with Crippen LogP contribution < -0.4 is 0 Å². The van der Waals surface area contributed by atoms with Gasteiger partial charge in [-0.2, -0.15) is 5.10 Å². The number of carboxylic acids is 1. The van der Waals surface area contributed by atoms with Crippen molar-refractivity contribution < 1.29 is 14.3 Å². The number of aromatic carboxylic acids is 1. The van der Waals surface area contributed by atoms with E-state index in [4.69, 9.17) is 5.11 Å². The van der Waals surface area contributed by atoms with Crippen molar-refractivity contribution in [3.63, 3.8) is 0 Å². The van der Waals surface area contributed by atoms with Crippen molar-refractivity contribution in [2.24, 2.45) is 0 Å². The molecule has 0 saturated heterocycles. The van der Waals surface area contributed by atoms with Crippen LogP contribution in [0.2, 0.25) is 0 Å². The fourth-order valence-corrected chi connectivity index (χ4v) is 1.63. The molecule has 4 nitrogen and oxygen atoms in total. The van der Waals surface area contributed by atoms with E-state index in [2.05, 4.69) is 5.10 Å². The summed E-state index contributed by atoms with van der Waals surface area (Å²) in [5.41, 5.74) is 1.07. The minimum Gasteiger partial charge on any atom is -0.477 e. The molecule has 88 valence electrons. The highest BCUT2D eigenvalue weighted by Crippen LogP contribution is 2.11. The molecule has 5 heteroatoms. The summed E-state index contributed by atoms with van der Waals surface area (Å²) in [5.74, 6) is -1.43. The maximum absolute atomic E-state index is 13.4. The summed E-state index contributed by atoms with van der Waals surface area (Å²) >= 11 is 0.